The topological polar surface area (TPSA) is 105 Å². The van der Waals surface area contributed by atoms with Crippen LogP contribution in [0.2, 0.25) is 0 Å². The van der Waals surface area contributed by atoms with Gasteiger partial charge in [-0.3, -0.25) is 0 Å². The number of aliphatic hydroxyl groups is 2. The minimum Gasteiger partial charge on any atom is -0.385 e. The lowest BCUT2D eigenvalue weighted by Crippen LogP contribution is -2.11. The number of anilines is 1. The van der Waals surface area contributed by atoms with E-state index in [1.54, 1.807) is 0 Å². The fraction of sp³-hybridized carbons (Fsp3) is 0.571. The molecule has 0 spiro atoms. The summed E-state index contributed by atoms with van der Waals surface area (Å²) in [4.78, 5) is 11.3. The lowest BCUT2D eigenvalue weighted by molar-refractivity contribution is 0.175. The number of aromatic nitrogens is 3. The van der Waals surface area contributed by atoms with Crippen LogP contribution in [0.15, 0.2) is 0 Å². The average molecular weight is 184 g/mol. The molecule has 2 atom stereocenters. The monoisotopic (exact) mass is 184 g/mol. The summed E-state index contributed by atoms with van der Waals surface area (Å²) in [7, 11) is 0. The molecule has 6 heteroatoms. The molecule has 2 unspecified atom stereocenters. The number of nitrogens with two attached hydrogens (primary N) is 1. The smallest absolute Gasteiger partial charge is 0.223 e. The molecule has 1 heterocycles. The van der Waals surface area contributed by atoms with E-state index in [0.717, 1.165) is 0 Å². The van der Waals surface area contributed by atoms with Crippen LogP contribution in [0.25, 0.3) is 0 Å². The Balaban J connectivity index is 3.11. The summed E-state index contributed by atoms with van der Waals surface area (Å²) >= 11 is 0. The fourth-order valence-corrected chi connectivity index (χ4v) is 0.801. The molecule has 1 rings (SSSR count). The van der Waals surface area contributed by atoms with Crippen molar-refractivity contribution in [1.82, 2.24) is 15.0 Å². The zero-order chi connectivity index (χ0) is 10.0. The van der Waals surface area contributed by atoms with Crippen molar-refractivity contribution in [3.8, 4) is 0 Å². The summed E-state index contributed by atoms with van der Waals surface area (Å²) in [6.07, 6.45) is -1.63. The molecule has 0 saturated carbocycles. The van der Waals surface area contributed by atoms with Gasteiger partial charge in [-0.2, -0.15) is 9.97 Å². The average Bonchev–Trinajstić information content (AvgIpc) is 2.03. The Kier molecular flexibility index (Phi) is 2.74. The van der Waals surface area contributed by atoms with Crippen LogP contribution in [-0.4, -0.2) is 25.2 Å². The van der Waals surface area contributed by atoms with Crippen LogP contribution < -0.4 is 5.73 Å². The second kappa shape index (κ2) is 3.63. The Morgan fingerprint density at radius 3 is 1.69 bits per heavy atom. The first-order chi connectivity index (χ1) is 6.00. The highest BCUT2D eigenvalue weighted by Crippen LogP contribution is 2.11. The lowest BCUT2D eigenvalue weighted by atomic mass is 10.3. The summed E-state index contributed by atoms with van der Waals surface area (Å²) < 4.78 is 0. The Morgan fingerprint density at radius 1 is 1.00 bits per heavy atom. The minimum absolute atomic E-state index is 0.00167. The largest absolute Gasteiger partial charge is 0.385 e. The van der Waals surface area contributed by atoms with Gasteiger partial charge in [0.1, 0.15) is 12.2 Å². The van der Waals surface area contributed by atoms with Gasteiger partial charge >= 0.3 is 0 Å². The van der Waals surface area contributed by atoms with Crippen LogP contribution >= 0.6 is 0 Å². The third-order valence-electron chi connectivity index (χ3n) is 1.43. The minimum atomic E-state index is -0.817. The van der Waals surface area contributed by atoms with E-state index in [9.17, 15) is 0 Å². The standard InChI is InChI=1S/C7H12N4O2/c1-3(12)5-9-6(4(2)13)11-7(8)10-5/h3-4,12-13H,1-2H3,(H2,8,9,10,11). The summed E-state index contributed by atoms with van der Waals surface area (Å²) in [6, 6.07) is 0. The van der Waals surface area contributed by atoms with Gasteiger partial charge in [0.15, 0.2) is 11.6 Å². The summed E-state index contributed by atoms with van der Waals surface area (Å²) in [5, 5.41) is 18.3. The number of hydrogen-bond donors (Lipinski definition) is 3. The highest BCUT2D eigenvalue weighted by atomic mass is 16.3. The van der Waals surface area contributed by atoms with E-state index in [1.807, 2.05) is 0 Å². The quantitative estimate of drug-likeness (QED) is 0.575. The van der Waals surface area contributed by atoms with E-state index in [-0.39, 0.29) is 17.6 Å². The maximum Gasteiger partial charge on any atom is 0.223 e. The van der Waals surface area contributed by atoms with Gasteiger partial charge in [-0.15, -0.1) is 0 Å². The second-order valence-corrected chi connectivity index (χ2v) is 2.76. The first-order valence-corrected chi connectivity index (χ1v) is 3.88. The molecule has 72 valence electrons. The molecule has 0 amide bonds. The van der Waals surface area contributed by atoms with Crippen molar-refractivity contribution in [2.75, 3.05) is 5.73 Å². The molecular weight excluding hydrogens is 172 g/mol. The van der Waals surface area contributed by atoms with E-state index in [0.29, 0.717) is 0 Å². The van der Waals surface area contributed by atoms with E-state index in [1.165, 1.54) is 13.8 Å². The van der Waals surface area contributed by atoms with Gasteiger partial charge in [0.2, 0.25) is 5.95 Å². The van der Waals surface area contributed by atoms with Crippen LogP contribution in [0.5, 0.6) is 0 Å². The number of nitrogens with zero attached hydrogens (tertiary/aromatic N) is 3. The Bertz CT molecular complexity index is 274. The third-order valence-corrected chi connectivity index (χ3v) is 1.43. The van der Waals surface area contributed by atoms with Crippen LogP contribution in [0, 0.1) is 0 Å². The number of rotatable bonds is 2. The van der Waals surface area contributed by atoms with Crippen molar-refractivity contribution in [1.29, 1.82) is 0 Å². The van der Waals surface area contributed by atoms with Crippen molar-refractivity contribution in [2.45, 2.75) is 26.1 Å². The van der Waals surface area contributed by atoms with Gasteiger partial charge in [0.05, 0.1) is 0 Å². The molecule has 4 N–H and O–H groups in total. The first-order valence-electron chi connectivity index (χ1n) is 3.88. The molecule has 0 aromatic carbocycles. The van der Waals surface area contributed by atoms with Crippen molar-refractivity contribution in [3.63, 3.8) is 0 Å². The van der Waals surface area contributed by atoms with Gasteiger partial charge in [0.25, 0.3) is 0 Å². The molecule has 0 aliphatic carbocycles. The van der Waals surface area contributed by atoms with Gasteiger partial charge in [-0.25, -0.2) is 4.98 Å². The molecular formula is C7H12N4O2. The maximum atomic E-state index is 9.16. The molecule has 0 radical (unpaired) electrons. The normalized spacial score (nSPS) is 15.4. The molecule has 6 nitrogen and oxygen atoms in total. The predicted octanol–water partition coefficient (Wildman–Crippen LogP) is -0.440. The highest BCUT2D eigenvalue weighted by molar-refractivity contribution is 5.17. The third kappa shape index (κ3) is 2.33. The highest BCUT2D eigenvalue weighted by Gasteiger charge is 2.11. The van der Waals surface area contributed by atoms with Gasteiger partial charge in [-0.1, -0.05) is 0 Å². The lowest BCUT2D eigenvalue weighted by Gasteiger charge is -2.07. The van der Waals surface area contributed by atoms with Gasteiger partial charge in [-0.05, 0) is 13.8 Å². The predicted molar refractivity (Wildman–Crippen MR) is 45.5 cm³/mol. The van der Waals surface area contributed by atoms with Gasteiger partial charge in [0, 0.05) is 0 Å². The Labute approximate surface area is 75.5 Å². The molecule has 0 bridgehead atoms. The van der Waals surface area contributed by atoms with Crippen molar-refractivity contribution in [3.05, 3.63) is 11.6 Å². The zero-order valence-electron chi connectivity index (χ0n) is 7.47. The van der Waals surface area contributed by atoms with Crippen molar-refractivity contribution in [2.24, 2.45) is 0 Å². The molecule has 0 aliphatic rings. The van der Waals surface area contributed by atoms with Crippen molar-refractivity contribution < 1.29 is 10.2 Å². The van der Waals surface area contributed by atoms with Gasteiger partial charge < -0.3 is 15.9 Å². The SMILES string of the molecule is CC(O)c1nc(N)nc(C(C)O)n1. The Morgan fingerprint density at radius 2 is 1.38 bits per heavy atom. The van der Waals surface area contributed by atoms with Crippen LogP contribution in [0.3, 0.4) is 0 Å². The van der Waals surface area contributed by atoms with Crippen LogP contribution in [0.1, 0.15) is 37.7 Å². The van der Waals surface area contributed by atoms with E-state index < -0.39 is 12.2 Å². The molecule has 0 aliphatic heterocycles. The summed E-state index contributed by atoms with van der Waals surface area (Å²) in [6.45, 7) is 3.03. The van der Waals surface area contributed by atoms with E-state index >= 15 is 0 Å². The fourth-order valence-electron chi connectivity index (χ4n) is 0.801. The number of nitrogen functional groups attached to an aromatic ring is 1. The Hall–Kier alpha value is -1.27. The van der Waals surface area contributed by atoms with Crippen LogP contribution in [0.4, 0.5) is 5.95 Å². The molecule has 13 heavy (non-hydrogen) atoms. The zero-order valence-corrected chi connectivity index (χ0v) is 7.47. The summed E-state index contributed by atoms with van der Waals surface area (Å²) in [5.41, 5.74) is 5.35. The molecule has 0 fully saturated rings. The summed E-state index contributed by atoms with van der Waals surface area (Å²) in [5.74, 6) is 0.341. The van der Waals surface area contributed by atoms with E-state index in [4.69, 9.17) is 15.9 Å². The maximum absolute atomic E-state index is 9.16. The van der Waals surface area contributed by atoms with E-state index in [2.05, 4.69) is 15.0 Å². The molecule has 0 saturated heterocycles. The molecule has 1 aromatic heterocycles. The number of aliphatic hydroxyl groups excluding tert-OH is 2. The molecule has 1 aromatic rings. The van der Waals surface area contributed by atoms with Crippen molar-refractivity contribution >= 4 is 5.95 Å². The second-order valence-electron chi connectivity index (χ2n) is 2.76. The number of hydrogen-bond acceptors (Lipinski definition) is 6. The van der Waals surface area contributed by atoms with Crippen LogP contribution in [-0.2, 0) is 0 Å². The first kappa shape index (κ1) is 9.82.